The number of likely N-dealkylation sites (tertiary alicyclic amines) is 1. The lowest BCUT2D eigenvalue weighted by molar-refractivity contribution is 0.0712. The van der Waals surface area contributed by atoms with Gasteiger partial charge in [0.25, 0.3) is 5.91 Å². The molecule has 4 rings (SSSR count). The van der Waals surface area contributed by atoms with Crippen molar-refractivity contribution < 1.29 is 4.79 Å². The van der Waals surface area contributed by atoms with Gasteiger partial charge in [-0.15, -0.1) is 0 Å². The quantitative estimate of drug-likeness (QED) is 0.755. The third-order valence-corrected chi connectivity index (χ3v) is 5.32. The Balaban J connectivity index is 1.46. The van der Waals surface area contributed by atoms with Crippen molar-refractivity contribution in [2.24, 2.45) is 5.92 Å². The van der Waals surface area contributed by atoms with Crippen molar-refractivity contribution in [3.05, 3.63) is 58.4 Å². The number of carbonyl (C=O) groups excluding carboxylic acids is 1. The molecule has 28 heavy (non-hydrogen) atoms. The molecule has 7 heteroatoms. The second-order valence-corrected chi connectivity index (χ2v) is 7.91. The van der Waals surface area contributed by atoms with E-state index in [-0.39, 0.29) is 11.5 Å². The van der Waals surface area contributed by atoms with Gasteiger partial charge in [0.05, 0.1) is 11.9 Å². The number of nitrogens with zero attached hydrogens (tertiary/aromatic N) is 4. The first-order valence-electron chi connectivity index (χ1n) is 9.80. The summed E-state index contributed by atoms with van der Waals surface area (Å²) >= 11 is 0. The Bertz CT molecular complexity index is 1040. The monoisotopic (exact) mass is 379 g/mol. The topological polar surface area (TPSA) is 83.9 Å². The Morgan fingerprint density at radius 2 is 2.04 bits per heavy atom. The Labute approximate surface area is 163 Å². The van der Waals surface area contributed by atoms with Gasteiger partial charge >= 0.3 is 0 Å². The normalized spacial score (nSPS) is 15.5. The summed E-state index contributed by atoms with van der Waals surface area (Å²) in [5, 5.41) is 0. The van der Waals surface area contributed by atoms with Crippen LogP contribution in [0.15, 0.2) is 41.7 Å². The van der Waals surface area contributed by atoms with Gasteiger partial charge < -0.3 is 14.5 Å². The summed E-state index contributed by atoms with van der Waals surface area (Å²) in [5.74, 6) is 0.817. The van der Waals surface area contributed by atoms with Crippen LogP contribution in [-0.4, -0.2) is 43.4 Å². The van der Waals surface area contributed by atoms with Crippen molar-refractivity contribution in [1.29, 1.82) is 0 Å². The summed E-state index contributed by atoms with van der Waals surface area (Å²) in [5.41, 5.74) is 3.13. The largest absolute Gasteiger partial charge is 0.339 e. The number of aromatic amines is 1. The van der Waals surface area contributed by atoms with Crippen LogP contribution in [0.2, 0.25) is 0 Å². The first-order valence-corrected chi connectivity index (χ1v) is 9.80. The molecule has 0 bridgehead atoms. The predicted molar refractivity (Wildman–Crippen MR) is 107 cm³/mol. The molecule has 3 aromatic heterocycles. The zero-order chi connectivity index (χ0) is 19.7. The molecule has 1 amide bonds. The van der Waals surface area contributed by atoms with Crippen LogP contribution < -0.4 is 5.56 Å². The van der Waals surface area contributed by atoms with Crippen molar-refractivity contribution in [2.75, 3.05) is 13.1 Å². The fourth-order valence-electron chi connectivity index (χ4n) is 3.91. The molecule has 1 aliphatic heterocycles. The van der Waals surface area contributed by atoms with Crippen molar-refractivity contribution >= 4 is 17.1 Å². The summed E-state index contributed by atoms with van der Waals surface area (Å²) in [4.78, 5) is 37.9. The number of amides is 1. The van der Waals surface area contributed by atoms with E-state index in [1.807, 2.05) is 21.6 Å². The Hall–Kier alpha value is -2.96. The highest BCUT2D eigenvalue weighted by Crippen LogP contribution is 2.28. The van der Waals surface area contributed by atoms with Crippen molar-refractivity contribution in [2.45, 2.75) is 39.2 Å². The maximum atomic E-state index is 12.9. The Kier molecular flexibility index (Phi) is 4.98. The van der Waals surface area contributed by atoms with Crippen LogP contribution in [0.25, 0.3) is 11.2 Å². The number of carbonyl (C=O) groups is 1. The molecule has 0 radical (unpaired) electrons. The molecule has 1 N–H and O–H groups in total. The fraction of sp³-hybridized carbons (Fsp3) is 0.429. The fourth-order valence-corrected chi connectivity index (χ4v) is 3.91. The number of aromatic nitrogens is 4. The van der Waals surface area contributed by atoms with Gasteiger partial charge in [-0.25, -0.2) is 9.97 Å². The first kappa shape index (κ1) is 18.4. The molecular formula is C21H25N5O2. The van der Waals surface area contributed by atoms with E-state index in [1.54, 1.807) is 24.8 Å². The van der Waals surface area contributed by atoms with Crippen molar-refractivity contribution in [3.63, 3.8) is 0 Å². The van der Waals surface area contributed by atoms with Gasteiger partial charge in [0.1, 0.15) is 5.52 Å². The smallest absolute Gasteiger partial charge is 0.255 e. The van der Waals surface area contributed by atoms with E-state index in [2.05, 4.69) is 28.8 Å². The Morgan fingerprint density at radius 3 is 2.75 bits per heavy atom. The van der Waals surface area contributed by atoms with Crippen LogP contribution in [0.5, 0.6) is 0 Å². The lowest BCUT2D eigenvalue weighted by Gasteiger charge is -2.32. The van der Waals surface area contributed by atoms with Gasteiger partial charge in [-0.1, -0.05) is 13.8 Å². The Morgan fingerprint density at radius 1 is 1.25 bits per heavy atom. The van der Waals surface area contributed by atoms with Crippen molar-refractivity contribution in [3.8, 4) is 0 Å². The van der Waals surface area contributed by atoms with E-state index in [0.717, 1.165) is 36.1 Å². The molecule has 0 aromatic carbocycles. The van der Waals surface area contributed by atoms with E-state index in [0.29, 0.717) is 30.5 Å². The van der Waals surface area contributed by atoms with E-state index >= 15 is 0 Å². The van der Waals surface area contributed by atoms with Gasteiger partial charge in [0.15, 0.2) is 5.65 Å². The molecule has 4 heterocycles. The molecule has 0 atom stereocenters. The van der Waals surface area contributed by atoms with E-state index in [1.165, 1.54) is 0 Å². The van der Waals surface area contributed by atoms with Crippen LogP contribution in [0.3, 0.4) is 0 Å². The molecule has 0 saturated carbocycles. The summed E-state index contributed by atoms with van der Waals surface area (Å²) in [6.45, 7) is 6.51. The molecule has 1 aliphatic rings. The molecular weight excluding hydrogens is 354 g/mol. The summed E-state index contributed by atoms with van der Waals surface area (Å²) < 4.78 is 2.03. The number of hydrogen-bond acceptors (Lipinski definition) is 4. The van der Waals surface area contributed by atoms with Gasteiger partial charge in [-0.05, 0) is 42.4 Å². The third-order valence-electron chi connectivity index (χ3n) is 5.32. The highest BCUT2D eigenvalue weighted by atomic mass is 16.2. The number of rotatable bonds is 4. The maximum absolute atomic E-state index is 12.9. The third kappa shape index (κ3) is 3.69. The second kappa shape index (κ2) is 7.58. The lowest BCUT2D eigenvalue weighted by atomic mass is 9.90. The van der Waals surface area contributed by atoms with Gasteiger partial charge in [0, 0.05) is 38.1 Å². The van der Waals surface area contributed by atoms with Crippen molar-refractivity contribution in [1.82, 2.24) is 24.4 Å². The highest BCUT2D eigenvalue weighted by Gasteiger charge is 2.25. The first-order chi connectivity index (χ1) is 13.5. The molecule has 0 unspecified atom stereocenters. The van der Waals surface area contributed by atoms with Crippen LogP contribution in [0.1, 0.15) is 48.5 Å². The maximum Gasteiger partial charge on any atom is 0.255 e. The molecule has 1 saturated heterocycles. The molecule has 0 spiro atoms. The minimum Gasteiger partial charge on any atom is -0.339 e. The zero-order valence-electron chi connectivity index (χ0n) is 16.3. The SMILES string of the molecule is CC(C)Cn1cnc2cc(C(=O)N3CCC(c4cc[nH]c(=O)c4)CC3)cnc21. The zero-order valence-corrected chi connectivity index (χ0v) is 16.3. The second-order valence-electron chi connectivity index (χ2n) is 7.91. The van der Waals surface area contributed by atoms with Gasteiger partial charge in [-0.2, -0.15) is 0 Å². The molecule has 0 aliphatic carbocycles. The lowest BCUT2D eigenvalue weighted by Crippen LogP contribution is -2.38. The number of H-pyrrole nitrogens is 1. The van der Waals surface area contributed by atoms with E-state index in [9.17, 15) is 9.59 Å². The average Bonchev–Trinajstić information content (AvgIpc) is 3.09. The molecule has 146 valence electrons. The van der Waals surface area contributed by atoms with Crippen LogP contribution in [-0.2, 0) is 6.54 Å². The highest BCUT2D eigenvalue weighted by molar-refractivity contribution is 5.96. The number of pyridine rings is 2. The number of nitrogens with one attached hydrogen (secondary N) is 1. The van der Waals surface area contributed by atoms with Gasteiger partial charge in [-0.3, -0.25) is 9.59 Å². The number of piperidine rings is 1. The number of fused-ring (bicyclic) bond motifs is 1. The minimum atomic E-state index is -0.0766. The van der Waals surface area contributed by atoms with Gasteiger partial charge in [0.2, 0.25) is 5.56 Å². The standard InChI is InChI=1S/C21H25N5O2/c1-14(2)12-26-13-24-18-9-17(11-23-20(18)26)21(28)25-7-4-15(5-8-25)16-3-6-22-19(27)10-16/h3,6,9-11,13-15H,4-5,7-8,12H2,1-2H3,(H,22,27). The van der Waals surface area contributed by atoms with E-state index < -0.39 is 0 Å². The van der Waals surface area contributed by atoms with Crippen LogP contribution in [0, 0.1) is 5.92 Å². The number of hydrogen-bond donors (Lipinski definition) is 1. The number of imidazole rings is 1. The average molecular weight is 379 g/mol. The summed E-state index contributed by atoms with van der Waals surface area (Å²) in [7, 11) is 0. The van der Waals surface area contributed by atoms with Crippen LogP contribution in [0.4, 0.5) is 0 Å². The van der Waals surface area contributed by atoms with Crippen LogP contribution >= 0.6 is 0 Å². The molecule has 7 nitrogen and oxygen atoms in total. The minimum absolute atomic E-state index is 0.00262. The molecule has 3 aromatic rings. The summed E-state index contributed by atoms with van der Waals surface area (Å²) in [6.07, 6.45) is 6.85. The van der Waals surface area contributed by atoms with E-state index in [4.69, 9.17) is 0 Å². The summed E-state index contributed by atoms with van der Waals surface area (Å²) in [6, 6.07) is 5.45. The predicted octanol–water partition coefficient (Wildman–Crippen LogP) is 2.80. The molecule has 1 fully saturated rings.